The van der Waals surface area contributed by atoms with Gasteiger partial charge in [0.2, 0.25) is 0 Å². The number of nitrogens with zero attached hydrogens (tertiary/aromatic N) is 3. The first-order valence-corrected chi connectivity index (χ1v) is 9.83. The van der Waals surface area contributed by atoms with Crippen molar-refractivity contribution in [3.8, 4) is 0 Å². The van der Waals surface area contributed by atoms with Gasteiger partial charge in [0.1, 0.15) is 16.6 Å². The molecule has 27 heavy (non-hydrogen) atoms. The van der Waals surface area contributed by atoms with Crippen molar-refractivity contribution in [1.29, 1.82) is 0 Å². The predicted molar refractivity (Wildman–Crippen MR) is 108 cm³/mol. The standard InChI is InChI=1S/C20H27ClN4O2/c1-20(2,3)27-19(26)23-10-8-14-6-5-11-25(13-14)18-15-7-4-9-22-16(15)12-17(21)24-18/h4,7,9,12,14H,5-6,8,10-11,13H2,1-3H3,(H,23,26). The second-order valence-corrected chi connectivity index (χ2v) is 8.40. The van der Waals surface area contributed by atoms with Crippen LogP contribution in [0.15, 0.2) is 24.4 Å². The maximum absolute atomic E-state index is 11.8. The Balaban J connectivity index is 1.61. The van der Waals surface area contributed by atoms with Crippen LogP contribution in [0.25, 0.3) is 10.9 Å². The van der Waals surface area contributed by atoms with Crippen molar-refractivity contribution >= 4 is 34.4 Å². The maximum atomic E-state index is 11.8. The van der Waals surface area contributed by atoms with Crippen molar-refractivity contribution in [2.24, 2.45) is 5.92 Å². The van der Waals surface area contributed by atoms with E-state index in [-0.39, 0.29) is 6.09 Å². The molecular weight excluding hydrogens is 364 g/mol. The number of aromatic nitrogens is 2. The third-order valence-corrected chi connectivity index (χ3v) is 4.78. The fraction of sp³-hybridized carbons (Fsp3) is 0.550. The fourth-order valence-electron chi connectivity index (χ4n) is 3.45. The average molecular weight is 391 g/mol. The lowest BCUT2D eigenvalue weighted by molar-refractivity contribution is 0.0524. The van der Waals surface area contributed by atoms with Gasteiger partial charge in [0.25, 0.3) is 0 Å². The number of nitrogens with one attached hydrogen (secondary N) is 1. The van der Waals surface area contributed by atoms with Gasteiger partial charge in [-0.1, -0.05) is 11.6 Å². The number of carbonyl (C=O) groups is 1. The number of piperidine rings is 1. The summed E-state index contributed by atoms with van der Waals surface area (Å²) in [7, 11) is 0. The lowest BCUT2D eigenvalue weighted by Crippen LogP contribution is -2.38. The zero-order valence-electron chi connectivity index (χ0n) is 16.2. The summed E-state index contributed by atoms with van der Waals surface area (Å²) in [5.41, 5.74) is 0.389. The molecular formula is C20H27ClN4O2. The highest BCUT2D eigenvalue weighted by atomic mass is 35.5. The number of anilines is 1. The molecule has 0 saturated carbocycles. The summed E-state index contributed by atoms with van der Waals surface area (Å²) in [6, 6.07) is 5.76. The summed E-state index contributed by atoms with van der Waals surface area (Å²) in [6.07, 6.45) is 4.55. The molecule has 6 nitrogen and oxygen atoms in total. The Morgan fingerprint density at radius 1 is 1.44 bits per heavy atom. The number of hydrogen-bond acceptors (Lipinski definition) is 5. The molecule has 1 amide bonds. The molecule has 1 aliphatic rings. The van der Waals surface area contributed by atoms with Gasteiger partial charge in [-0.25, -0.2) is 9.78 Å². The van der Waals surface area contributed by atoms with Gasteiger partial charge in [0, 0.05) is 37.3 Å². The van der Waals surface area contributed by atoms with Gasteiger partial charge in [0.05, 0.1) is 5.52 Å². The highest BCUT2D eigenvalue weighted by Crippen LogP contribution is 2.30. The van der Waals surface area contributed by atoms with Crippen LogP contribution in [0.1, 0.15) is 40.0 Å². The Labute approximate surface area is 165 Å². The summed E-state index contributed by atoms with van der Waals surface area (Å²) in [4.78, 5) is 23.1. The molecule has 1 atom stereocenters. The summed E-state index contributed by atoms with van der Waals surface area (Å²) in [5, 5.41) is 4.34. The molecule has 7 heteroatoms. The summed E-state index contributed by atoms with van der Waals surface area (Å²) in [5.74, 6) is 1.39. The van der Waals surface area contributed by atoms with Crippen LogP contribution in [0.2, 0.25) is 5.15 Å². The summed E-state index contributed by atoms with van der Waals surface area (Å²) < 4.78 is 5.29. The first kappa shape index (κ1) is 19.7. The molecule has 1 aliphatic heterocycles. The normalized spacial score (nSPS) is 17.8. The highest BCUT2D eigenvalue weighted by molar-refractivity contribution is 6.30. The van der Waals surface area contributed by atoms with Gasteiger partial charge < -0.3 is 15.0 Å². The van der Waals surface area contributed by atoms with Crippen molar-refractivity contribution in [3.63, 3.8) is 0 Å². The minimum atomic E-state index is -0.473. The molecule has 2 aromatic heterocycles. The van der Waals surface area contributed by atoms with Crippen LogP contribution in [0.4, 0.5) is 10.6 Å². The number of fused-ring (bicyclic) bond motifs is 1. The zero-order chi connectivity index (χ0) is 19.4. The van der Waals surface area contributed by atoms with Crippen molar-refractivity contribution in [1.82, 2.24) is 15.3 Å². The van der Waals surface area contributed by atoms with Gasteiger partial charge in [-0.05, 0) is 58.1 Å². The first-order valence-electron chi connectivity index (χ1n) is 9.45. The minimum absolute atomic E-state index is 0.358. The molecule has 1 unspecified atom stereocenters. The number of alkyl carbamates (subject to hydrolysis) is 1. The van der Waals surface area contributed by atoms with Crippen molar-refractivity contribution in [2.75, 3.05) is 24.5 Å². The molecule has 0 spiro atoms. The van der Waals surface area contributed by atoms with E-state index in [2.05, 4.69) is 20.2 Å². The van der Waals surface area contributed by atoms with E-state index in [0.717, 1.165) is 49.1 Å². The maximum Gasteiger partial charge on any atom is 0.407 e. The topological polar surface area (TPSA) is 67.3 Å². The molecule has 0 aliphatic carbocycles. The Hall–Kier alpha value is -2.08. The van der Waals surface area contributed by atoms with Crippen LogP contribution >= 0.6 is 11.6 Å². The molecule has 146 valence electrons. The Morgan fingerprint density at radius 3 is 3.04 bits per heavy atom. The van der Waals surface area contributed by atoms with Gasteiger partial charge in [-0.2, -0.15) is 0 Å². The van der Waals surface area contributed by atoms with E-state index in [0.29, 0.717) is 17.6 Å². The quantitative estimate of drug-likeness (QED) is 0.783. The van der Waals surface area contributed by atoms with E-state index in [1.807, 2.05) is 32.9 Å². The number of amides is 1. The second-order valence-electron chi connectivity index (χ2n) is 8.01. The molecule has 2 aromatic rings. The monoisotopic (exact) mass is 390 g/mol. The van der Waals surface area contributed by atoms with E-state index >= 15 is 0 Å². The highest BCUT2D eigenvalue weighted by Gasteiger charge is 2.23. The Kier molecular flexibility index (Phi) is 6.05. The van der Waals surface area contributed by atoms with Gasteiger partial charge in [-0.15, -0.1) is 0 Å². The second kappa shape index (κ2) is 8.30. The molecule has 1 saturated heterocycles. The summed E-state index contributed by atoms with van der Waals surface area (Å²) >= 11 is 6.21. The van der Waals surface area contributed by atoms with Gasteiger partial charge in [0.15, 0.2) is 0 Å². The third-order valence-electron chi connectivity index (χ3n) is 4.59. The predicted octanol–water partition coefficient (Wildman–Crippen LogP) is 4.41. The molecule has 3 rings (SSSR count). The smallest absolute Gasteiger partial charge is 0.407 e. The SMILES string of the molecule is CC(C)(C)OC(=O)NCCC1CCCN(c2nc(Cl)cc3ncccc23)C1. The van der Waals surface area contributed by atoms with Gasteiger partial charge >= 0.3 is 6.09 Å². The van der Waals surface area contributed by atoms with Crippen molar-refractivity contribution < 1.29 is 9.53 Å². The average Bonchev–Trinajstić information content (AvgIpc) is 2.59. The minimum Gasteiger partial charge on any atom is -0.444 e. The van der Waals surface area contributed by atoms with E-state index in [9.17, 15) is 4.79 Å². The van der Waals surface area contributed by atoms with Crippen LogP contribution in [-0.2, 0) is 4.74 Å². The Bertz CT molecular complexity index is 806. The fourth-order valence-corrected chi connectivity index (χ4v) is 3.64. The van der Waals surface area contributed by atoms with E-state index in [1.54, 1.807) is 12.3 Å². The number of halogens is 1. The van der Waals surface area contributed by atoms with Crippen LogP contribution in [0, 0.1) is 5.92 Å². The van der Waals surface area contributed by atoms with E-state index in [1.165, 1.54) is 0 Å². The van der Waals surface area contributed by atoms with Crippen LogP contribution in [0.3, 0.4) is 0 Å². The van der Waals surface area contributed by atoms with Crippen LogP contribution in [0.5, 0.6) is 0 Å². The van der Waals surface area contributed by atoms with E-state index < -0.39 is 5.60 Å². The Morgan fingerprint density at radius 2 is 2.26 bits per heavy atom. The number of rotatable bonds is 4. The molecule has 0 bridgehead atoms. The molecule has 0 aromatic carbocycles. The summed E-state index contributed by atoms with van der Waals surface area (Å²) in [6.45, 7) is 8.05. The van der Waals surface area contributed by atoms with Crippen molar-refractivity contribution in [2.45, 2.75) is 45.6 Å². The zero-order valence-corrected chi connectivity index (χ0v) is 16.9. The number of pyridine rings is 2. The lowest BCUT2D eigenvalue weighted by atomic mass is 9.94. The largest absolute Gasteiger partial charge is 0.444 e. The number of hydrogen-bond donors (Lipinski definition) is 1. The van der Waals surface area contributed by atoms with Crippen LogP contribution < -0.4 is 10.2 Å². The third kappa shape index (κ3) is 5.45. The van der Waals surface area contributed by atoms with Crippen molar-refractivity contribution in [3.05, 3.63) is 29.5 Å². The number of ether oxygens (including phenoxy) is 1. The molecule has 0 radical (unpaired) electrons. The van der Waals surface area contributed by atoms with Gasteiger partial charge in [-0.3, -0.25) is 4.98 Å². The van der Waals surface area contributed by atoms with E-state index in [4.69, 9.17) is 16.3 Å². The molecule has 1 fully saturated rings. The molecule has 3 heterocycles. The first-order chi connectivity index (χ1) is 12.8. The van der Waals surface area contributed by atoms with Crippen LogP contribution in [-0.4, -0.2) is 41.3 Å². The lowest BCUT2D eigenvalue weighted by Gasteiger charge is -2.34. The molecule has 1 N–H and O–H groups in total. The number of carbonyl (C=O) groups excluding carboxylic acids is 1.